The summed E-state index contributed by atoms with van der Waals surface area (Å²) in [5.41, 5.74) is 4.96. The topological polar surface area (TPSA) is 114 Å². The number of halogens is 1. The normalized spacial score (nSPS) is 9.81. The number of benzene rings is 2. The number of amides is 3. The van der Waals surface area contributed by atoms with Crippen molar-refractivity contribution in [3.05, 3.63) is 70.7 Å². The highest BCUT2D eigenvalue weighted by Gasteiger charge is 2.11. The smallest absolute Gasteiger partial charge is 0.325 e. The molecule has 0 aliphatic carbocycles. The Bertz CT molecular complexity index is 825. The maximum absolute atomic E-state index is 11.8. The Morgan fingerprint density at radius 1 is 0.815 bits per heavy atom. The highest BCUT2D eigenvalue weighted by molar-refractivity contribution is 6.30. The molecule has 0 heterocycles. The maximum atomic E-state index is 11.8. The summed E-state index contributed by atoms with van der Waals surface area (Å²) < 4.78 is 4.71. The van der Waals surface area contributed by atoms with Crippen LogP contribution < -0.4 is 16.2 Å². The number of rotatable bonds is 6. The van der Waals surface area contributed by atoms with Crippen LogP contribution in [0.3, 0.4) is 0 Å². The number of carbonyl (C=O) groups excluding carboxylic acids is 4. The predicted molar refractivity (Wildman–Crippen MR) is 96.8 cm³/mol. The van der Waals surface area contributed by atoms with Crippen LogP contribution in [0.2, 0.25) is 5.02 Å². The van der Waals surface area contributed by atoms with E-state index in [0.29, 0.717) is 16.1 Å². The molecule has 3 amide bonds. The molecule has 2 rings (SSSR count). The highest BCUT2D eigenvalue weighted by Crippen LogP contribution is 2.08. The van der Waals surface area contributed by atoms with Crippen molar-refractivity contribution in [2.45, 2.75) is 0 Å². The first-order valence-electron chi connectivity index (χ1n) is 7.79. The van der Waals surface area contributed by atoms with E-state index in [1.165, 1.54) is 24.3 Å². The summed E-state index contributed by atoms with van der Waals surface area (Å²) in [6.07, 6.45) is 0. The molecule has 0 aliphatic rings. The van der Waals surface area contributed by atoms with Gasteiger partial charge in [0.2, 0.25) is 0 Å². The lowest BCUT2D eigenvalue weighted by Crippen LogP contribution is -2.44. The standard InChI is InChI=1S/C18H16ClN3O5/c19-14-8-6-13(7-9-14)18(26)22-21-15(23)11-27-16(24)10-20-17(25)12-4-2-1-3-5-12/h1-9H,10-11H2,(H,20,25)(H,21,23)(H,22,26). The van der Waals surface area contributed by atoms with Gasteiger partial charge in [-0.1, -0.05) is 29.8 Å². The van der Waals surface area contributed by atoms with Crippen molar-refractivity contribution >= 4 is 35.3 Å². The van der Waals surface area contributed by atoms with E-state index in [-0.39, 0.29) is 0 Å². The average Bonchev–Trinajstić information content (AvgIpc) is 2.69. The molecule has 2 aromatic rings. The van der Waals surface area contributed by atoms with Crippen molar-refractivity contribution in [3.8, 4) is 0 Å². The summed E-state index contributed by atoms with van der Waals surface area (Å²) in [5, 5.41) is 2.85. The molecule has 0 saturated heterocycles. The molecule has 0 radical (unpaired) electrons. The molecule has 0 bridgehead atoms. The fraction of sp³-hybridized carbons (Fsp3) is 0.111. The molecular weight excluding hydrogens is 374 g/mol. The Balaban J connectivity index is 1.66. The van der Waals surface area contributed by atoms with E-state index >= 15 is 0 Å². The molecule has 2 aromatic carbocycles. The predicted octanol–water partition coefficient (Wildman–Crippen LogP) is 1.07. The van der Waals surface area contributed by atoms with Crippen LogP contribution in [0.15, 0.2) is 54.6 Å². The van der Waals surface area contributed by atoms with Crippen LogP contribution >= 0.6 is 11.6 Å². The number of hydrogen-bond donors (Lipinski definition) is 3. The van der Waals surface area contributed by atoms with E-state index in [2.05, 4.69) is 16.2 Å². The van der Waals surface area contributed by atoms with Crippen LogP contribution in [0.25, 0.3) is 0 Å². The molecule has 0 spiro atoms. The molecule has 0 aromatic heterocycles. The Kier molecular flexibility index (Phi) is 7.33. The lowest BCUT2D eigenvalue weighted by Gasteiger charge is -2.09. The van der Waals surface area contributed by atoms with E-state index in [1.54, 1.807) is 30.3 Å². The zero-order valence-electron chi connectivity index (χ0n) is 14.0. The average molecular weight is 390 g/mol. The van der Waals surface area contributed by atoms with Gasteiger partial charge in [-0.15, -0.1) is 0 Å². The molecule has 140 valence electrons. The Labute approximate surface area is 159 Å². The molecule has 3 N–H and O–H groups in total. The zero-order chi connectivity index (χ0) is 19.6. The van der Waals surface area contributed by atoms with Gasteiger partial charge in [0.25, 0.3) is 17.7 Å². The van der Waals surface area contributed by atoms with E-state index in [4.69, 9.17) is 16.3 Å². The van der Waals surface area contributed by atoms with Crippen LogP contribution in [-0.4, -0.2) is 36.8 Å². The molecule has 0 unspecified atom stereocenters. The van der Waals surface area contributed by atoms with Crippen LogP contribution in [0, 0.1) is 0 Å². The van der Waals surface area contributed by atoms with Gasteiger partial charge >= 0.3 is 5.97 Å². The van der Waals surface area contributed by atoms with Crippen LogP contribution in [0.5, 0.6) is 0 Å². The maximum Gasteiger partial charge on any atom is 0.325 e. The monoisotopic (exact) mass is 389 g/mol. The second-order valence-corrected chi connectivity index (χ2v) is 5.66. The first-order valence-corrected chi connectivity index (χ1v) is 8.17. The lowest BCUT2D eigenvalue weighted by molar-refractivity contribution is -0.147. The minimum atomic E-state index is -0.793. The fourth-order valence-corrected chi connectivity index (χ4v) is 2.00. The second-order valence-electron chi connectivity index (χ2n) is 5.22. The minimum absolute atomic E-state index is 0.292. The van der Waals surface area contributed by atoms with Gasteiger partial charge in [0.15, 0.2) is 6.61 Å². The van der Waals surface area contributed by atoms with Crippen molar-refractivity contribution in [1.29, 1.82) is 0 Å². The number of hydrogen-bond acceptors (Lipinski definition) is 5. The van der Waals surface area contributed by atoms with Crippen molar-refractivity contribution in [2.75, 3.05) is 13.2 Å². The quantitative estimate of drug-likeness (QED) is 0.505. The molecule has 27 heavy (non-hydrogen) atoms. The van der Waals surface area contributed by atoms with Gasteiger partial charge in [0.05, 0.1) is 0 Å². The Morgan fingerprint density at radius 3 is 2.11 bits per heavy atom. The summed E-state index contributed by atoms with van der Waals surface area (Å²) in [7, 11) is 0. The van der Waals surface area contributed by atoms with Crippen LogP contribution in [0.4, 0.5) is 0 Å². The third-order valence-electron chi connectivity index (χ3n) is 3.22. The van der Waals surface area contributed by atoms with Crippen LogP contribution in [0.1, 0.15) is 20.7 Å². The van der Waals surface area contributed by atoms with Gasteiger partial charge in [-0.2, -0.15) is 0 Å². The van der Waals surface area contributed by atoms with E-state index in [9.17, 15) is 19.2 Å². The largest absolute Gasteiger partial charge is 0.454 e. The third kappa shape index (κ3) is 6.79. The Hall–Kier alpha value is -3.39. The molecule has 0 fully saturated rings. The first-order chi connectivity index (χ1) is 13.0. The number of hydrazine groups is 1. The summed E-state index contributed by atoms with van der Waals surface area (Å²) in [6, 6.07) is 14.4. The fourth-order valence-electron chi connectivity index (χ4n) is 1.88. The molecule has 0 aliphatic heterocycles. The van der Waals surface area contributed by atoms with E-state index < -0.39 is 36.8 Å². The van der Waals surface area contributed by atoms with Gasteiger partial charge in [-0.25, -0.2) is 0 Å². The van der Waals surface area contributed by atoms with E-state index in [0.717, 1.165) is 0 Å². The summed E-state index contributed by atoms with van der Waals surface area (Å²) in [4.78, 5) is 46.7. The van der Waals surface area contributed by atoms with Gasteiger partial charge < -0.3 is 10.1 Å². The van der Waals surface area contributed by atoms with Gasteiger partial charge in [0.1, 0.15) is 6.54 Å². The zero-order valence-corrected chi connectivity index (χ0v) is 14.8. The van der Waals surface area contributed by atoms with Crippen LogP contribution in [-0.2, 0) is 14.3 Å². The number of esters is 1. The molecular formula is C18H16ClN3O5. The summed E-state index contributed by atoms with van der Waals surface area (Å²) in [6.45, 7) is -1.00. The molecule has 0 atom stereocenters. The second kappa shape index (κ2) is 9.93. The molecule has 9 heteroatoms. The number of carbonyl (C=O) groups is 4. The number of nitrogens with one attached hydrogen (secondary N) is 3. The molecule has 0 saturated carbocycles. The summed E-state index contributed by atoms with van der Waals surface area (Å²) >= 11 is 5.72. The van der Waals surface area contributed by atoms with Gasteiger partial charge in [0, 0.05) is 16.1 Å². The highest BCUT2D eigenvalue weighted by atomic mass is 35.5. The van der Waals surface area contributed by atoms with Crippen molar-refractivity contribution in [3.63, 3.8) is 0 Å². The van der Waals surface area contributed by atoms with Gasteiger partial charge in [-0.3, -0.25) is 30.0 Å². The molecule has 8 nitrogen and oxygen atoms in total. The van der Waals surface area contributed by atoms with E-state index in [1.807, 2.05) is 0 Å². The minimum Gasteiger partial charge on any atom is -0.454 e. The summed E-state index contributed by atoms with van der Waals surface area (Å²) in [5.74, 6) is -2.52. The van der Waals surface area contributed by atoms with Crippen molar-refractivity contribution in [2.24, 2.45) is 0 Å². The van der Waals surface area contributed by atoms with Crippen molar-refractivity contribution < 1.29 is 23.9 Å². The number of ether oxygens (including phenoxy) is 1. The third-order valence-corrected chi connectivity index (χ3v) is 3.47. The first kappa shape index (κ1) is 19.9. The Morgan fingerprint density at radius 2 is 1.44 bits per heavy atom. The van der Waals surface area contributed by atoms with Gasteiger partial charge in [-0.05, 0) is 36.4 Å². The lowest BCUT2D eigenvalue weighted by atomic mass is 10.2. The SMILES string of the molecule is O=C(COC(=O)CNC(=O)c1ccccc1)NNC(=O)c1ccc(Cl)cc1. The van der Waals surface area contributed by atoms with Crippen molar-refractivity contribution in [1.82, 2.24) is 16.2 Å².